The number of benzene rings is 3. The molecule has 0 saturated carbocycles. The number of carbonyl (C=O) groups is 2. The number of fused-ring (bicyclic) bond motifs is 2. The van der Waals surface area contributed by atoms with E-state index in [-0.39, 0.29) is 24.3 Å². The van der Waals surface area contributed by atoms with Gasteiger partial charge in [-0.1, -0.05) is 66.7 Å². The Kier molecular flexibility index (Phi) is 8.00. The van der Waals surface area contributed by atoms with Gasteiger partial charge < -0.3 is 19.7 Å². The van der Waals surface area contributed by atoms with E-state index in [1.807, 2.05) is 66.9 Å². The second-order valence-corrected chi connectivity index (χ2v) is 11.7. The van der Waals surface area contributed by atoms with E-state index in [0.29, 0.717) is 18.2 Å². The second-order valence-electron chi connectivity index (χ2n) is 10.7. The van der Waals surface area contributed by atoms with Crippen LogP contribution in [0.25, 0.3) is 0 Å². The molecule has 1 aromatic heterocycles. The average Bonchev–Trinajstić information content (AvgIpc) is 3.37. The molecule has 0 radical (unpaired) electrons. The summed E-state index contributed by atoms with van der Waals surface area (Å²) in [6, 6.07) is 22.2. The quantitative estimate of drug-likeness (QED) is 0.290. The number of nitrogens with zero attached hydrogens (tertiary/aromatic N) is 2. The van der Waals surface area contributed by atoms with Gasteiger partial charge in [-0.15, -0.1) is 0 Å². The van der Waals surface area contributed by atoms with Crippen LogP contribution in [0.1, 0.15) is 50.1 Å². The van der Waals surface area contributed by atoms with Crippen LogP contribution < -0.4 is 10.7 Å². The minimum absolute atomic E-state index is 0.0154. The van der Waals surface area contributed by atoms with Crippen LogP contribution in [0.2, 0.25) is 0 Å². The summed E-state index contributed by atoms with van der Waals surface area (Å²) in [6.45, 7) is -0.280. The second kappa shape index (κ2) is 11.9. The molecule has 2 aliphatic rings. The lowest BCUT2D eigenvalue weighted by molar-refractivity contribution is -0.0157. The van der Waals surface area contributed by atoms with Gasteiger partial charge in [0.1, 0.15) is 28.8 Å². The van der Waals surface area contributed by atoms with Gasteiger partial charge in [-0.2, -0.15) is 11.8 Å². The number of aromatic hydroxyl groups is 1. The first kappa shape index (κ1) is 29.6. The molecule has 226 valence electrons. The molecule has 1 saturated heterocycles. The Morgan fingerprint density at radius 3 is 2.45 bits per heavy atom. The van der Waals surface area contributed by atoms with Crippen LogP contribution in [-0.4, -0.2) is 44.6 Å². The lowest BCUT2D eigenvalue weighted by Crippen LogP contribution is -2.55. The summed E-state index contributed by atoms with van der Waals surface area (Å²) < 4.78 is 35.4. The number of halogens is 2. The summed E-state index contributed by atoms with van der Waals surface area (Å²) in [7, 11) is 0. The number of ether oxygens (including phenoxy) is 1. The number of rotatable bonds is 8. The number of carbonyl (C=O) groups excluding carboxylic acids is 2. The van der Waals surface area contributed by atoms with E-state index in [4.69, 9.17) is 4.74 Å². The van der Waals surface area contributed by atoms with E-state index in [9.17, 15) is 28.3 Å². The number of hydrogen-bond acceptors (Lipinski definition) is 6. The highest BCUT2D eigenvalue weighted by Gasteiger charge is 2.60. The Hall–Kier alpha value is -4.48. The first-order valence-electron chi connectivity index (χ1n) is 14.0. The molecule has 3 heterocycles. The van der Waals surface area contributed by atoms with Crippen LogP contribution in [0.15, 0.2) is 89.9 Å². The monoisotopic (exact) mass is 617 g/mol. The van der Waals surface area contributed by atoms with Gasteiger partial charge in [0.15, 0.2) is 17.7 Å². The SMILES string of the molecule is CSCC[C@@]1(c2ccccc2)C(c2ccccc2)O[C@H]2Cn3cc(C(=O)NCc4ccc(F)cc4F)c(=O)c(O)c3C(=O)N21. The number of pyridine rings is 1. The highest BCUT2D eigenvalue weighted by molar-refractivity contribution is 7.98. The van der Waals surface area contributed by atoms with Crippen molar-refractivity contribution in [1.82, 2.24) is 14.8 Å². The summed E-state index contributed by atoms with van der Waals surface area (Å²) in [5.41, 5.74) is -0.917. The van der Waals surface area contributed by atoms with Gasteiger partial charge in [0.2, 0.25) is 5.43 Å². The van der Waals surface area contributed by atoms with Crippen molar-refractivity contribution in [2.75, 3.05) is 12.0 Å². The van der Waals surface area contributed by atoms with Gasteiger partial charge in [0, 0.05) is 24.4 Å². The van der Waals surface area contributed by atoms with Gasteiger partial charge in [-0.3, -0.25) is 19.3 Å². The summed E-state index contributed by atoms with van der Waals surface area (Å²) >= 11 is 1.64. The lowest BCUT2D eigenvalue weighted by atomic mass is 9.78. The lowest BCUT2D eigenvalue weighted by Gasteiger charge is -2.44. The molecule has 6 rings (SSSR count). The molecule has 1 fully saturated rings. The fraction of sp³-hybridized carbons (Fsp3) is 0.242. The van der Waals surface area contributed by atoms with Crippen LogP contribution in [0.3, 0.4) is 0 Å². The Balaban J connectivity index is 1.41. The molecule has 3 aromatic carbocycles. The van der Waals surface area contributed by atoms with E-state index >= 15 is 0 Å². The normalized spacial score (nSPS) is 20.7. The fourth-order valence-corrected chi connectivity index (χ4v) is 6.72. The van der Waals surface area contributed by atoms with Gasteiger partial charge in [0.05, 0.1) is 6.54 Å². The van der Waals surface area contributed by atoms with E-state index in [1.165, 1.54) is 16.8 Å². The van der Waals surface area contributed by atoms with Gasteiger partial charge >= 0.3 is 0 Å². The van der Waals surface area contributed by atoms with E-state index < -0.39 is 58.1 Å². The van der Waals surface area contributed by atoms with E-state index in [1.54, 1.807) is 16.7 Å². The Morgan fingerprint density at radius 1 is 1.07 bits per heavy atom. The highest BCUT2D eigenvalue weighted by atomic mass is 32.2. The van der Waals surface area contributed by atoms with Crippen molar-refractivity contribution in [2.24, 2.45) is 0 Å². The zero-order chi connectivity index (χ0) is 31.0. The Labute approximate surface area is 256 Å². The summed E-state index contributed by atoms with van der Waals surface area (Å²) in [6.07, 6.45) is 2.39. The summed E-state index contributed by atoms with van der Waals surface area (Å²) in [5, 5.41) is 13.6. The van der Waals surface area contributed by atoms with Gasteiger partial charge in [-0.05, 0) is 35.6 Å². The van der Waals surface area contributed by atoms with Crippen LogP contribution in [0.5, 0.6) is 5.75 Å². The first-order valence-corrected chi connectivity index (χ1v) is 15.4. The molecular weight excluding hydrogens is 588 g/mol. The molecule has 0 spiro atoms. The maximum Gasteiger partial charge on any atom is 0.277 e. The molecule has 8 nitrogen and oxygen atoms in total. The standard InChI is InChI=1S/C33H29F2N3O5S/c1-44-15-14-33(22-10-6-3-7-11-22)30(20-8-4-2-5-9-20)43-26-19-37-18-24(28(39)29(40)27(37)32(42)38(26)33)31(41)36-17-21-12-13-23(34)16-25(21)35/h2-13,16,18,26,30,40H,14-15,17,19H2,1H3,(H,36,41)/t26-,30?,33+/m0/s1. The molecule has 44 heavy (non-hydrogen) atoms. The molecular formula is C33H29F2N3O5S. The smallest absolute Gasteiger partial charge is 0.277 e. The summed E-state index contributed by atoms with van der Waals surface area (Å²) in [5.74, 6) is -3.25. The van der Waals surface area contributed by atoms with Crippen molar-refractivity contribution >= 4 is 23.6 Å². The predicted molar refractivity (Wildman–Crippen MR) is 161 cm³/mol. The highest BCUT2D eigenvalue weighted by Crippen LogP contribution is 2.54. The number of aromatic nitrogens is 1. The molecule has 0 bridgehead atoms. The van der Waals surface area contributed by atoms with Crippen LogP contribution in [0.4, 0.5) is 8.78 Å². The third-order valence-electron chi connectivity index (χ3n) is 8.24. The fourth-order valence-electron chi connectivity index (χ4n) is 6.20. The van der Waals surface area contributed by atoms with Crippen LogP contribution in [-0.2, 0) is 23.4 Å². The third-order valence-corrected chi connectivity index (χ3v) is 8.85. The topological polar surface area (TPSA) is 101 Å². The minimum atomic E-state index is -1.03. The largest absolute Gasteiger partial charge is 0.503 e. The number of hydrogen-bond donors (Lipinski definition) is 2. The van der Waals surface area contributed by atoms with Crippen molar-refractivity contribution in [3.63, 3.8) is 0 Å². The zero-order valence-corrected chi connectivity index (χ0v) is 24.5. The Bertz CT molecular complexity index is 1790. The molecule has 3 atom stereocenters. The molecule has 4 aromatic rings. The van der Waals surface area contributed by atoms with Crippen molar-refractivity contribution in [3.8, 4) is 5.75 Å². The first-order chi connectivity index (χ1) is 21.3. The summed E-state index contributed by atoms with van der Waals surface area (Å²) in [4.78, 5) is 42.4. The van der Waals surface area contributed by atoms with Crippen LogP contribution in [0, 0.1) is 11.6 Å². The van der Waals surface area contributed by atoms with Crippen molar-refractivity contribution in [2.45, 2.75) is 37.4 Å². The average molecular weight is 618 g/mol. The van der Waals surface area contributed by atoms with E-state index in [2.05, 4.69) is 5.32 Å². The van der Waals surface area contributed by atoms with Crippen molar-refractivity contribution in [1.29, 1.82) is 0 Å². The molecule has 11 heteroatoms. The maximum absolute atomic E-state index is 14.4. The van der Waals surface area contributed by atoms with Crippen molar-refractivity contribution < 1.29 is 28.2 Å². The van der Waals surface area contributed by atoms with E-state index in [0.717, 1.165) is 17.2 Å². The molecule has 2 aliphatic heterocycles. The number of amides is 2. The number of thioether (sulfide) groups is 1. The molecule has 2 amide bonds. The predicted octanol–water partition coefficient (Wildman–Crippen LogP) is 4.96. The maximum atomic E-state index is 14.4. The minimum Gasteiger partial charge on any atom is -0.503 e. The van der Waals surface area contributed by atoms with Crippen molar-refractivity contribution in [3.05, 3.63) is 135 Å². The number of nitrogens with one attached hydrogen (secondary N) is 1. The Morgan fingerprint density at radius 2 is 1.77 bits per heavy atom. The molecule has 1 unspecified atom stereocenters. The molecule has 2 N–H and O–H groups in total. The van der Waals surface area contributed by atoms with Gasteiger partial charge in [0.25, 0.3) is 11.8 Å². The zero-order valence-electron chi connectivity index (χ0n) is 23.7. The van der Waals surface area contributed by atoms with Crippen LogP contribution >= 0.6 is 11.8 Å². The molecule has 0 aliphatic carbocycles. The van der Waals surface area contributed by atoms with Gasteiger partial charge in [-0.25, -0.2) is 8.78 Å². The third kappa shape index (κ3) is 4.95.